The topological polar surface area (TPSA) is 122 Å². The van der Waals surface area contributed by atoms with E-state index in [0.717, 1.165) is 57.8 Å². The fourth-order valence-corrected chi connectivity index (χ4v) is 4.44. The number of aryl methyl sites for hydroxylation is 2. The molecule has 0 aliphatic heterocycles. The van der Waals surface area contributed by atoms with Gasteiger partial charge in [0.15, 0.2) is 11.5 Å². The minimum absolute atomic E-state index is 0.0315. The van der Waals surface area contributed by atoms with Crippen molar-refractivity contribution in [3.8, 4) is 22.5 Å². The SMILES string of the molecule is CCCc1nc(C)n2nc(CC(=O)OCC)nc2c1Cc1ccc(-c2ccccc2-c2nnn[n-]2)cc1.[CH3][Sn+]([CH3])[CH3]. The molecule has 0 atom stereocenters. The Morgan fingerprint density at radius 3 is 2.34 bits per heavy atom. The number of ether oxygens (including phenoxy) is 1. The second-order valence-electron chi connectivity index (χ2n) is 10.2. The molecule has 0 saturated heterocycles. The standard InChI is InChI=1S/C27H27N8O2.3CH3.Sn/c1-4-8-23-22(27-29-24(16-25(36)37-5-2)32-35(27)17(3)28-23)15-18-11-13-19(14-12-18)20-9-6-7-10-21(20)26-30-33-34-31-26;;;;/h6-7,9-14H,4-5,8,15-16H2,1-3H3;3*1H3;/q-1;;;;+1. The number of rotatable bonds is 9. The summed E-state index contributed by atoms with van der Waals surface area (Å²) in [6, 6.07) is 16.3. The number of fused-ring (bicyclic) bond motifs is 1. The molecule has 3 heterocycles. The number of carbonyl (C=O) groups excluding carboxylic acids is 1. The van der Waals surface area contributed by atoms with Crippen molar-refractivity contribution < 1.29 is 9.53 Å². The van der Waals surface area contributed by atoms with E-state index >= 15 is 0 Å². The second kappa shape index (κ2) is 14.3. The van der Waals surface area contributed by atoms with E-state index in [1.807, 2.05) is 31.2 Å². The van der Waals surface area contributed by atoms with Crippen LogP contribution in [0.15, 0.2) is 48.5 Å². The molecule has 0 aliphatic rings. The normalized spacial score (nSPS) is 10.8. The van der Waals surface area contributed by atoms with Crippen molar-refractivity contribution in [1.82, 2.24) is 40.2 Å². The molecule has 0 spiro atoms. The van der Waals surface area contributed by atoms with Crippen LogP contribution in [-0.4, -0.2) is 67.4 Å². The second-order valence-corrected chi connectivity index (χ2v) is 18.8. The van der Waals surface area contributed by atoms with Crippen molar-refractivity contribution in [2.45, 2.75) is 61.3 Å². The number of aromatic nitrogens is 8. The van der Waals surface area contributed by atoms with Gasteiger partial charge in [0.1, 0.15) is 12.2 Å². The summed E-state index contributed by atoms with van der Waals surface area (Å²) < 4.78 is 6.81. The van der Waals surface area contributed by atoms with Crippen molar-refractivity contribution in [2.75, 3.05) is 6.61 Å². The fourth-order valence-electron chi connectivity index (χ4n) is 4.44. The summed E-state index contributed by atoms with van der Waals surface area (Å²) in [5, 5.41) is 19.8. The quantitative estimate of drug-likeness (QED) is 0.160. The Morgan fingerprint density at radius 1 is 1.00 bits per heavy atom. The van der Waals surface area contributed by atoms with Gasteiger partial charge in [0.25, 0.3) is 0 Å². The van der Waals surface area contributed by atoms with Crippen LogP contribution in [0.1, 0.15) is 48.7 Å². The Morgan fingerprint density at radius 2 is 1.71 bits per heavy atom. The number of hydrogen-bond acceptors (Lipinski definition) is 8. The molecule has 0 saturated carbocycles. The number of benzene rings is 2. The summed E-state index contributed by atoms with van der Waals surface area (Å²) in [4.78, 5) is 28.7. The van der Waals surface area contributed by atoms with Crippen molar-refractivity contribution >= 4 is 31.4 Å². The van der Waals surface area contributed by atoms with Gasteiger partial charge in [-0.1, -0.05) is 61.9 Å². The first-order chi connectivity index (χ1) is 19.8. The molecule has 10 nitrogen and oxygen atoms in total. The van der Waals surface area contributed by atoms with Gasteiger partial charge in [0, 0.05) is 23.5 Å². The first-order valence-corrected chi connectivity index (χ1v) is 22.4. The molecular weight excluding hydrogens is 623 g/mol. The van der Waals surface area contributed by atoms with Gasteiger partial charge in [0.05, 0.1) is 6.61 Å². The van der Waals surface area contributed by atoms with Crippen LogP contribution in [0.25, 0.3) is 28.2 Å². The molecule has 0 bridgehead atoms. The van der Waals surface area contributed by atoms with E-state index < -0.39 is 19.8 Å². The van der Waals surface area contributed by atoms with E-state index in [2.05, 4.69) is 71.7 Å². The van der Waals surface area contributed by atoms with E-state index in [9.17, 15) is 4.79 Å². The van der Waals surface area contributed by atoms with Gasteiger partial charge in [-0.25, -0.2) is 9.97 Å². The Labute approximate surface area is 247 Å². The van der Waals surface area contributed by atoms with Gasteiger partial charge in [-0.05, 0) is 42.5 Å². The Kier molecular flexibility index (Phi) is 10.6. The number of esters is 1. The predicted octanol–water partition coefficient (Wildman–Crippen LogP) is 4.93. The van der Waals surface area contributed by atoms with Gasteiger partial charge in [0.2, 0.25) is 0 Å². The molecule has 5 aromatic rings. The molecule has 0 aliphatic carbocycles. The van der Waals surface area contributed by atoms with E-state index in [1.165, 1.54) is 0 Å². The molecule has 5 rings (SSSR count). The molecule has 3 aromatic heterocycles. The van der Waals surface area contributed by atoms with Gasteiger partial charge in [-0.2, -0.15) is 9.73 Å². The van der Waals surface area contributed by atoms with Gasteiger partial charge in [-0.15, -0.1) is 5.10 Å². The van der Waals surface area contributed by atoms with Gasteiger partial charge in [-0.3, -0.25) is 15.1 Å². The van der Waals surface area contributed by atoms with Crippen molar-refractivity contribution in [3.05, 3.63) is 77.0 Å². The van der Waals surface area contributed by atoms with Crippen LogP contribution < -0.4 is 5.10 Å². The molecule has 41 heavy (non-hydrogen) atoms. The minimum atomic E-state index is -0.543. The van der Waals surface area contributed by atoms with Crippen LogP contribution in [-0.2, 0) is 28.8 Å². The monoisotopic (exact) mass is 660 g/mol. The van der Waals surface area contributed by atoms with Crippen LogP contribution in [0, 0.1) is 6.92 Å². The van der Waals surface area contributed by atoms with Crippen molar-refractivity contribution in [3.63, 3.8) is 0 Å². The summed E-state index contributed by atoms with van der Waals surface area (Å²) in [6.45, 7) is 6.15. The maximum atomic E-state index is 12.0. The van der Waals surface area contributed by atoms with Gasteiger partial charge >= 0.3 is 40.5 Å². The first-order valence-electron chi connectivity index (χ1n) is 13.8. The number of tetrazole rings is 1. The summed E-state index contributed by atoms with van der Waals surface area (Å²) >= 11 is -0.543. The zero-order valence-electron chi connectivity index (χ0n) is 24.5. The fraction of sp³-hybridized carbons (Fsp3) is 0.367. The maximum absolute atomic E-state index is 12.0. The summed E-state index contributed by atoms with van der Waals surface area (Å²) in [5.41, 5.74) is 6.82. The number of nitrogens with zero attached hydrogens (tertiary/aromatic N) is 8. The molecule has 0 fully saturated rings. The average molecular weight is 659 g/mol. The third kappa shape index (κ3) is 7.75. The summed E-state index contributed by atoms with van der Waals surface area (Å²) in [7, 11) is 0. The molecule has 0 amide bonds. The summed E-state index contributed by atoms with van der Waals surface area (Å²) in [6.07, 6.45) is 2.47. The molecule has 0 unspecified atom stereocenters. The zero-order valence-corrected chi connectivity index (χ0v) is 27.4. The average Bonchev–Trinajstić information content (AvgIpc) is 3.62. The molecule has 212 valence electrons. The zero-order chi connectivity index (χ0) is 29.4. The summed E-state index contributed by atoms with van der Waals surface area (Å²) in [5.74, 6) is 1.34. The third-order valence-electron chi connectivity index (χ3n) is 6.10. The van der Waals surface area contributed by atoms with E-state index in [-0.39, 0.29) is 12.4 Å². The molecule has 0 radical (unpaired) electrons. The van der Waals surface area contributed by atoms with E-state index in [4.69, 9.17) is 14.7 Å². The first kappa shape index (κ1) is 30.3. The van der Waals surface area contributed by atoms with Crippen LogP contribution in [0.3, 0.4) is 0 Å². The number of carbonyl (C=O) groups is 1. The Balaban J connectivity index is 0.000000909. The molecule has 2 aromatic carbocycles. The Bertz CT molecular complexity index is 1580. The van der Waals surface area contributed by atoms with Crippen LogP contribution in [0.2, 0.25) is 14.8 Å². The molecule has 11 heteroatoms. The van der Waals surface area contributed by atoms with Crippen LogP contribution >= 0.6 is 0 Å². The van der Waals surface area contributed by atoms with Crippen LogP contribution in [0.4, 0.5) is 0 Å². The number of hydrogen-bond donors (Lipinski definition) is 0. The Hall–Kier alpha value is -3.67. The van der Waals surface area contributed by atoms with Crippen molar-refractivity contribution in [1.29, 1.82) is 0 Å². The van der Waals surface area contributed by atoms with E-state index in [0.29, 0.717) is 24.7 Å². The van der Waals surface area contributed by atoms with Crippen LogP contribution in [0.5, 0.6) is 0 Å². The predicted molar refractivity (Wildman–Crippen MR) is 160 cm³/mol. The third-order valence-corrected chi connectivity index (χ3v) is 6.10. The van der Waals surface area contributed by atoms with Gasteiger partial charge < -0.3 is 9.84 Å². The molecular formula is C30H36N8O2Sn. The van der Waals surface area contributed by atoms with E-state index in [1.54, 1.807) is 11.4 Å². The molecule has 0 N–H and O–H groups in total. The van der Waals surface area contributed by atoms with Crippen molar-refractivity contribution in [2.24, 2.45) is 0 Å².